The smallest absolute Gasteiger partial charge is 0.337 e. The molecular weight excluding hydrogens is 374 g/mol. The van der Waals surface area contributed by atoms with Crippen LogP contribution in [0.25, 0.3) is 0 Å². The summed E-state index contributed by atoms with van der Waals surface area (Å²) >= 11 is 0. The molecule has 150 valence electrons. The highest BCUT2D eigenvalue weighted by Gasteiger charge is 2.36. The maximum Gasteiger partial charge on any atom is 0.337 e. The second-order valence-electron chi connectivity index (χ2n) is 6.84. The van der Waals surface area contributed by atoms with Crippen LogP contribution in [0.15, 0.2) is 48.5 Å². The van der Waals surface area contributed by atoms with Crippen LogP contribution in [0.4, 0.5) is 5.69 Å². The van der Waals surface area contributed by atoms with Crippen LogP contribution < -0.4 is 4.90 Å². The highest BCUT2D eigenvalue weighted by Crippen LogP contribution is 2.26. The number of ketones is 1. The second-order valence-corrected chi connectivity index (χ2v) is 6.84. The molecule has 1 unspecified atom stereocenters. The third-order valence-electron chi connectivity index (χ3n) is 4.78. The standard InChI is InChI=1S/C22H21NO6/c1-14-3-5-15(6-4-14)19(24)13-29-22(27)17-11-20(25)23(12-17)18-9-7-16(8-10-18)21(26)28-2/h3-10,17H,11-13H2,1-2H3. The summed E-state index contributed by atoms with van der Waals surface area (Å²) in [5.41, 5.74) is 2.45. The number of hydrogen-bond acceptors (Lipinski definition) is 6. The van der Waals surface area contributed by atoms with Crippen LogP contribution in [0.5, 0.6) is 0 Å². The number of carbonyl (C=O) groups is 4. The minimum atomic E-state index is -0.645. The van der Waals surface area contributed by atoms with Gasteiger partial charge in [-0.25, -0.2) is 4.79 Å². The lowest BCUT2D eigenvalue weighted by molar-refractivity contribution is -0.147. The van der Waals surface area contributed by atoms with Gasteiger partial charge in [-0.2, -0.15) is 0 Å². The lowest BCUT2D eigenvalue weighted by Crippen LogP contribution is -2.27. The summed E-state index contributed by atoms with van der Waals surface area (Å²) in [5, 5.41) is 0. The molecule has 1 saturated heterocycles. The molecule has 7 heteroatoms. The van der Waals surface area contributed by atoms with Crippen LogP contribution in [0.2, 0.25) is 0 Å². The van der Waals surface area contributed by atoms with Crippen molar-refractivity contribution in [1.29, 1.82) is 0 Å². The Morgan fingerprint density at radius 1 is 1.00 bits per heavy atom. The maximum absolute atomic E-state index is 12.3. The van der Waals surface area contributed by atoms with Gasteiger partial charge in [0.15, 0.2) is 12.4 Å². The van der Waals surface area contributed by atoms with Gasteiger partial charge in [0.1, 0.15) is 0 Å². The number of ether oxygens (including phenoxy) is 2. The van der Waals surface area contributed by atoms with E-state index in [1.54, 1.807) is 36.4 Å². The van der Waals surface area contributed by atoms with Crippen molar-refractivity contribution < 1.29 is 28.7 Å². The van der Waals surface area contributed by atoms with Crippen molar-refractivity contribution in [1.82, 2.24) is 0 Å². The summed E-state index contributed by atoms with van der Waals surface area (Å²) < 4.78 is 9.79. The van der Waals surface area contributed by atoms with Crippen molar-refractivity contribution in [2.45, 2.75) is 13.3 Å². The molecule has 29 heavy (non-hydrogen) atoms. The molecule has 7 nitrogen and oxygen atoms in total. The lowest BCUT2D eigenvalue weighted by atomic mass is 10.1. The molecule has 0 saturated carbocycles. The Hall–Kier alpha value is -3.48. The fourth-order valence-corrected chi connectivity index (χ4v) is 3.09. The van der Waals surface area contributed by atoms with E-state index in [2.05, 4.69) is 4.74 Å². The summed E-state index contributed by atoms with van der Waals surface area (Å²) in [5.74, 6) is -2.20. The Bertz CT molecular complexity index is 933. The van der Waals surface area contributed by atoms with Crippen molar-refractivity contribution in [2.24, 2.45) is 5.92 Å². The van der Waals surface area contributed by atoms with Gasteiger partial charge in [-0.15, -0.1) is 0 Å². The number of hydrogen-bond donors (Lipinski definition) is 0. The first-order chi connectivity index (χ1) is 13.9. The molecule has 1 amide bonds. The number of methoxy groups -OCH3 is 1. The maximum atomic E-state index is 12.3. The number of esters is 2. The van der Waals surface area contributed by atoms with Crippen LogP contribution in [-0.2, 0) is 19.1 Å². The molecule has 1 heterocycles. The van der Waals surface area contributed by atoms with Gasteiger partial charge < -0.3 is 14.4 Å². The van der Waals surface area contributed by atoms with Gasteiger partial charge in [-0.05, 0) is 31.2 Å². The van der Waals surface area contributed by atoms with Gasteiger partial charge in [0.2, 0.25) is 5.91 Å². The van der Waals surface area contributed by atoms with E-state index >= 15 is 0 Å². The van der Waals surface area contributed by atoms with Crippen molar-refractivity contribution in [3.63, 3.8) is 0 Å². The van der Waals surface area contributed by atoms with Crippen LogP contribution >= 0.6 is 0 Å². The fourth-order valence-electron chi connectivity index (χ4n) is 3.09. The van der Waals surface area contributed by atoms with E-state index in [1.807, 2.05) is 19.1 Å². The van der Waals surface area contributed by atoms with Gasteiger partial charge in [-0.3, -0.25) is 14.4 Å². The molecule has 0 aliphatic carbocycles. The SMILES string of the molecule is COC(=O)c1ccc(N2CC(C(=O)OCC(=O)c3ccc(C)cc3)CC2=O)cc1. The van der Waals surface area contributed by atoms with E-state index in [0.29, 0.717) is 16.8 Å². The second kappa shape index (κ2) is 8.68. The Morgan fingerprint density at radius 3 is 2.24 bits per heavy atom. The molecule has 3 rings (SSSR count). The summed E-state index contributed by atoms with van der Waals surface area (Å²) in [7, 11) is 1.29. The highest BCUT2D eigenvalue weighted by molar-refractivity contribution is 6.01. The zero-order valence-electron chi connectivity index (χ0n) is 16.2. The number of aryl methyl sites for hydroxylation is 1. The molecule has 2 aromatic carbocycles. The number of Topliss-reactive ketones (excluding diaryl/α,β-unsaturated/α-hetero) is 1. The highest BCUT2D eigenvalue weighted by atomic mass is 16.5. The Labute approximate surface area is 168 Å². The number of rotatable bonds is 6. The van der Waals surface area contributed by atoms with Crippen molar-refractivity contribution in [3.05, 3.63) is 65.2 Å². The molecule has 1 atom stereocenters. The number of nitrogens with zero attached hydrogens (tertiary/aromatic N) is 1. The molecule has 2 aromatic rings. The van der Waals surface area contributed by atoms with E-state index < -0.39 is 17.9 Å². The lowest BCUT2D eigenvalue weighted by Gasteiger charge is -2.16. The predicted octanol–water partition coefficient (Wildman–Crippen LogP) is 2.56. The van der Waals surface area contributed by atoms with Crippen molar-refractivity contribution in [3.8, 4) is 0 Å². The van der Waals surface area contributed by atoms with Gasteiger partial charge >= 0.3 is 11.9 Å². The van der Waals surface area contributed by atoms with Crippen LogP contribution in [-0.4, -0.2) is 43.9 Å². The number of benzene rings is 2. The molecular formula is C22H21NO6. The summed E-state index contributed by atoms with van der Waals surface area (Å²) in [6, 6.07) is 13.4. The first-order valence-electron chi connectivity index (χ1n) is 9.14. The molecule has 1 aliphatic heterocycles. The zero-order valence-corrected chi connectivity index (χ0v) is 16.2. The van der Waals surface area contributed by atoms with E-state index in [0.717, 1.165) is 5.56 Å². The monoisotopic (exact) mass is 395 g/mol. The average Bonchev–Trinajstić information content (AvgIpc) is 3.13. The van der Waals surface area contributed by atoms with Crippen molar-refractivity contribution >= 4 is 29.3 Å². The van der Waals surface area contributed by atoms with Crippen LogP contribution in [0, 0.1) is 12.8 Å². The number of amides is 1. The topological polar surface area (TPSA) is 90.0 Å². The molecule has 0 aromatic heterocycles. The van der Waals surface area contributed by atoms with Gasteiger partial charge in [0.25, 0.3) is 0 Å². The third-order valence-corrected chi connectivity index (χ3v) is 4.78. The molecule has 0 N–H and O–H groups in total. The minimum Gasteiger partial charge on any atom is -0.465 e. The largest absolute Gasteiger partial charge is 0.465 e. The van der Waals surface area contributed by atoms with Gasteiger partial charge in [0.05, 0.1) is 18.6 Å². The van der Waals surface area contributed by atoms with Gasteiger partial charge in [0, 0.05) is 24.2 Å². The molecule has 0 radical (unpaired) electrons. The Morgan fingerprint density at radius 2 is 1.62 bits per heavy atom. The summed E-state index contributed by atoms with van der Waals surface area (Å²) in [6.07, 6.45) is 0.0102. The minimum absolute atomic E-state index is 0.0102. The van der Waals surface area contributed by atoms with Gasteiger partial charge in [-0.1, -0.05) is 29.8 Å². The number of carbonyl (C=O) groups excluding carboxylic acids is 4. The zero-order chi connectivity index (χ0) is 21.0. The normalized spacial score (nSPS) is 15.9. The Balaban J connectivity index is 1.57. The molecule has 1 aliphatic rings. The van der Waals surface area contributed by atoms with E-state index in [-0.39, 0.29) is 31.3 Å². The molecule has 1 fully saturated rings. The average molecular weight is 395 g/mol. The predicted molar refractivity (Wildman–Crippen MR) is 105 cm³/mol. The fraction of sp³-hybridized carbons (Fsp3) is 0.273. The Kier molecular flexibility index (Phi) is 6.07. The van der Waals surface area contributed by atoms with E-state index in [9.17, 15) is 19.2 Å². The van der Waals surface area contributed by atoms with E-state index in [1.165, 1.54) is 12.0 Å². The molecule has 0 spiro atoms. The number of anilines is 1. The quantitative estimate of drug-likeness (QED) is 0.552. The summed E-state index contributed by atoms with van der Waals surface area (Å²) in [4.78, 5) is 49.8. The van der Waals surface area contributed by atoms with Crippen LogP contribution in [0.1, 0.15) is 32.7 Å². The third kappa shape index (κ3) is 4.68. The molecule has 0 bridgehead atoms. The first-order valence-corrected chi connectivity index (χ1v) is 9.14. The first kappa shape index (κ1) is 20.3. The van der Waals surface area contributed by atoms with Crippen LogP contribution in [0.3, 0.4) is 0 Å². The van der Waals surface area contributed by atoms with Crippen molar-refractivity contribution in [2.75, 3.05) is 25.2 Å². The van der Waals surface area contributed by atoms with E-state index in [4.69, 9.17) is 4.74 Å². The summed E-state index contributed by atoms with van der Waals surface area (Å²) in [6.45, 7) is 1.72.